The van der Waals surface area contributed by atoms with Crippen LogP contribution in [-0.2, 0) is 20.9 Å². The van der Waals surface area contributed by atoms with E-state index >= 15 is 0 Å². The number of carboxylic acid groups (broad SMARTS) is 2. The number of rotatable bonds is 10. The minimum Gasteiger partial charge on any atom is -0.478 e. The average molecular weight is 574 g/mol. The van der Waals surface area contributed by atoms with Gasteiger partial charge in [-0.3, -0.25) is 24.4 Å². The summed E-state index contributed by atoms with van der Waals surface area (Å²) in [5.74, 6) is -2.04. The van der Waals surface area contributed by atoms with Gasteiger partial charge < -0.3 is 19.8 Å². The SMILES string of the molecule is O=C(O)/C=C\C(=O)O.O=C1c2ccccc2C(=O)N1CC(CN1CCN(c2ccccn2)CC1)OCc1cccnc1. The van der Waals surface area contributed by atoms with Gasteiger partial charge in [0.2, 0.25) is 0 Å². The molecule has 1 atom stereocenters. The molecule has 0 aliphatic carbocycles. The van der Waals surface area contributed by atoms with Gasteiger partial charge in [-0.05, 0) is 35.9 Å². The van der Waals surface area contributed by atoms with E-state index in [0.717, 1.165) is 37.6 Å². The third-order valence-corrected chi connectivity index (χ3v) is 6.65. The number of aromatic nitrogens is 2. The van der Waals surface area contributed by atoms with Gasteiger partial charge in [0.05, 0.1) is 30.4 Å². The van der Waals surface area contributed by atoms with Gasteiger partial charge in [-0.2, -0.15) is 0 Å². The third-order valence-electron chi connectivity index (χ3n) is 6.65. The van der Waals surface area contributed by atoms with Crippen LogP contribution in [0, 0.1) is 0 Å². The highest BCUT2D eigenvalue weighted by Gasteiger charge is 2.37. The van der Waals surface area contributed by atoms with Crippen molar-refractivity contribution in [3.05, 3.63) is 102 Å². The van der Waals surface area contributed by atoms with Gasteiger partial charge in [-0.25, -0.2) is 14.6 Å². The van der Waals surface area contributed by atoms with Crippen molar-refractivity contribution in [2.75, 3.05) is 44.2 Å². The fourth-order valence-electron chi connectivity index (χ4n) is 4.60. The van der Waals surface area contributed by atoms with Gasteiger partial charge in [0.1, 0.15) is 5.82 Å². The lowest BCUT2D eigenvalue weighted by Gasteiger charge is -2.37. The highest BCUT2D eigenvalue weighted by atomic mass is 16.5. The maximum absolute atomic E-state index is 12.9. The summed E-state index contributed by atoms with van der Waals surface area (Å²) in [6.45, 7) is 4.64. The molecule has 1 unspecified atom stereocenters. The number of ether oxygens (including phenoxy) is 1. The number of pyridine rings is 2. The second kappa shape index (κ2) is 14.6. The van der Waals surface area contributed by atoms with Crippen LogP contribution in [0.15, 0.2) is 85.3 Å². The Kier molecular flexibility index (Phi) is 10.5. The van der Waals surface area contributed by atoms with Crippen LogP contribution < -0.4 is 4.90 Å². The monoisotopic (exact) mass is 573 g/mol. The van der Waals surface area contributed by atoms with Crippen LogP contribution in [0.2, 0.25) is 0 Å². The molecule has 2 amide bonds. The Labute approximate surface area is 242 Å². The van der Waals surface area contributed by atoms with Crippen molar-refractivity contribution >= 4 is 29.6 Å². The van der Waals surface area contributed by atoms with Crippen molar-refractivity contribution in [1.29, 1.82) is 0 Å². The van der Waals surface area contributed by atoms with Crippen molar-refractivity contribution in [1.82, 2.24) is 19.8 Å². The number of amides is 2. The van der Waals surface area contributed by atoms with Crippen LogP contribution in [0.1, 0.15) is 26.3 Å². The Morgan fingerprint density at radius 3 is 2.02 bits per heavy atom. The van der Waals surface area contributed by atoms with E-state index in [1.165, 1.54) is 4.90 Å². The van der Waals surface area contributed by atoms with Crippen LogP contribution >= 0.6 is 0 Å². The number of aliphatic carboxylic acids is 2. The number of hydrogen-bond donors (Lipinski definition) is 2. The highest BCUT2D eigenvalue weighted by Crippen LogP contribution is 2.23. The number of anilines is 1. The number of benzene rings is 1. The molecule has 0 radical (unpaired) electrons. The lowest BCUT2D eigenvalue weighted by molar-refractivity contribution is -0.134. The smallest absolute Gasteiger partial charge is 0.328 e. The largest absolute Gasteiger partial charge is 0.478 e. The Bertz CT molecular complexity index is 1360. The van der Waals surface area contributed by atoms with E-state index in [1.54, 1.807) is 36.7 Å². The molecule has 12 nitrogen and oxygen atoms in total. The standard InChI is InChI=1S/C26H27N5O3.C4H4O4/c32-25-22-7-1-2-8-23(22)26(33)31(25)18-21(34-19-20-6-5-10-27-16-20)17-29-12-14-30(15-13-29)24-9-3-4-11-28-24;5-3(6)1-2-4(7)8/h1-11,16,21H,12-15,17-19H2;1-2H,(H,5,6)(H,7,8)/b;2-1-. The van der Waals surface area contributed by atoms with Crippen LogP contribution in [0.5, 0.6) is 0 Å². The maximum Gasteiger partial charge on any atom is 0.328 e. The maximum atomic E-state index is 12.9. The van der Waals surface area contributed by atoms with E-state index in [1.807, 2.05) is 36.5 Å². The van der Waals surface area contributed by atoms with Gasteiger partial charge in [-0.1, -0.05) is 24.3 Å². The minimum atomic E-state index is -1.26. The van der Waals surface area contributed by atoms with Crippen LogP contribution in [0.25, 0.3) is 0 Å². The second-order valence-corrected chi connectivity index (χ2v) is 9.55. The molecule has 12 heteroatoms. The van der Waals surface area contributed by atoms with Gasteiger partial charge in [0, 0.05) is 63.5 Å². The van der Waals surface area contributed by atoms with Gasteiger partial charge in [0.15, 0.2) is 0 Å². The molecule has 42 heavy (non-hydrogen) atoms. The Morgan fingerprint density at radius 1 is 0.833 bits per heavy atom. The summed E-state index contributed by atoms with van der Waals surface area (Å²) in [6.07, 6.45) is 6.10. The molecule has 2 N–H and O–H groups in total. The molecule has 2 aromatic heterocycles. The Hall–Kier alpha value is -4.94. The van der Waals surface area contributed by atoms with Crippen LogP contribution in [0.4, 0.5) is 5.82 Å². The minimum absolute atomic E-state index is 0.215. The first-order chi connectivity index (χ1) is 20.3. The molecular weight excluding hydrogens is 542 g/mol. The molecule has 4 heterocycles. The number of nitrogens with zero attached hydrogens (tertiary/aromatic N) is 5. The zero-order valence-electron chi connectivity index (χ0n) is 22.8. The van der Waals surface area contributed by atoms with Crippen LogP contribution in [0.3, 0.4) is 0 Å². The van der Waals surface area contributed by atoms with Gasteiger partial charge in [-0.15, -0.1) is 0 Å². The highest BCUT2D eigenvalue weighted by molar-refractivity contribution is 6.21. The molecule has 1 fully saturated rings. The van der Waals surface area contributed by atoms with Crippen molar-refractivity contribution in [2.24, 2.45) is 0 Å². The first-order valence-corrected chi connectivity index (χ1v) is 13.3. The number of hydrogen-bond acceptors (Lipinski definition) is 9. The summed E-state index contributed by atoms with van der Waals surface area (Å²) < 4.78 is 6.25. The van der Waals surface area contributed by atoms with Gasteiger partial charge >= 0.3 is 11.9 Å². The van der Waals surface area contributed by atoms with E-state index in [9.17, 15) is 19.2 Å². The van der Waals surface area contributed by atoms with Crippen molar-refractivity contribution in [3.8, 4) is 0 Å². The zero-order chi connectivity index (χ0) is 29.9. The molecular formula is C30H31N5O7. The Morgan fingerprint density at radius 2 is 1.48 bits per heavy atom. The molecule has 0 saturated carbocycles. The van der Waals surface area contributed by atoms with Gasteiger partial charge in [0.25, 0.3) is 11.8 Å². The second-order valence-electron chi connectivity index (χ2n) is 9.55. The molecule has 5 rings (SSSR count). The lowest BCUT2D eigenvalue weighted by Crippen LogP contribution is -2.51. The fraction of sp³-hybridized carbons (Fsp3) is 0.267. The number of piperazine rings is 1. The molecule has 0 spiro atoms. The molecule has 0 bridgehead atoms. The van der Waals surface area contributed by atoms with E-state index in [-0.39, 0.29) is 24.5 Å². The third kappa shape index (κ3) is 8.29. The number of carboxylic acids is 2. The summed E-state index contributed by atoms with van der Waals surface area (Å²) in [7, 11) is 0. The summed E-state index contributed by atoms with van der Waals surface area (Å²) in [6, 6.07) is 16.7. The summed E-state index contributed by atoms with van der Waals surface area (Å²) in [5, 5.41) is 15.6. The fourth-order valence-corrected chi connectivity index (χ4v) is 4.60. The van der Waals surface area contributed by atoms with E-state index < -0.39 is 11.9 Å². The lowest BCUT2D eigenvalue weighted by atomic mass is 10.1. The quantitative estimate of drug-likeness (QED) is 0.271. The zero-order valence-corrected chi connectivity index (χ0v) is 22.8. The summed E-state index contributed by atoms with van der Waals surface area (Å²) in [4.78, 5) is 59.5. The van der Waals surface area contributed by atoms with E-state index in [0.29, 0.717) is 36.4 Å². The predicted molar refractivity (Wildman–Crippen MR) is 152 cm³/mol. The van der Waals surface area contributed by atoms with Crippen molar-refractivity contribution in [3.63, 3.8) is 0 Å². The van der Waals surface area contributed by atoms with Crippen molar-refractivity contribution < 1.29 is 34.1 Å². The van der Waals surface area contributed by atoms with Crippen molar-refractivity contribution in [2.45, 2.75) is 12.7 Å². The molecule has 1 saturated heterocycles. The number of imide groups is 1. The normalized spacial score (nSPS) is 15.7. The molecule has 2 aliphatic heterocycles. The van der Waals surface area contributed by atoms with E-state index in [2.05, 4.69) is 19.8 Å². The summed E-state index contributed by atoms with van der Waals surface area (Å²) in [5.41, 5.74) is 1.87. The number of carbonyl (C=O) groups excluding carboxylic acids is 2. The topological polar surface area (TPSA) is 153 Å². The molecule has 218 valence electrons. The molecule has 3 aromatic rings. The van der Waals surface area contributed by atoms with E-state index in [4.69, 9.17) is 14.9 Å². The number of fused-ring (bicyclic) bond motifs is 1. The number of carbonyl (C=O) groups is 4. The van der Waals surface area contributed by atoms with Crippen LogP contribution in [-0.4, -0.2) is 99.1 Å². The predicted octanol–water partition coefficient (Wildman–Crippen LogP) is 2.19. The first kappa shape index (κ1) is 30.0. The first-order valence-electron chi connectivity index (χ1n) is 13.3. The summed E-state index contributed by atoms with van der Waals surface area (Å²) >= 11 is 0. The Balaban J connectivity index is 0.000000446. The molecule has 2 aliphatic rings. The molecule has 1 aromatic carbocycles. The average Bonchev–Trinajstić information content (AvgIpc) is 3.25.